The maximum absolute atomic E-state index is 12.5. The van der Waals surface area contributed by atoms with Gasteiger partial charge in [0, 0.05) is 30.6 Å². The third-order valence-electron chi connectivity index (χ3n) is 4.20. The van der Waals surface area contributed by atoms with Gasteiger partial charge in [0.25, 0.3) is 0 Å². The van der Waals surface area contributed by atoms with Crippen LogP contribution >= 0.6 is 0 Å². The molecule has 5 nitrogen and oxygen atoms in total. The van der Waals surface area contributed by atoms with E-state index in [1.54, 1.807) is 0 Å². The van der Waals surface area contributed by atoms with Gasteiger partial charge in [-0.1, -0.05) is 13.3 Å². The quantitative estimate of drug-likeness (QED) is 0.868. The van der Waals surface area contributed by atoms with Crippen LogP contribution in [0.15, 0.2) is 0 Å². The summed E-state index contributed by atoms with van der Waals surface area (Å²) in [5, 5.41) is 2.74. The molecule has 1 fully saturated rings. The van der Waals surface area contributed by atoms with Crippen molar-refractivity contribution in [3.63, 3.8) is 0 Å². The van der Waals surface area contributed by atoms with E-state index in [0.717, 1.165) is 19.4 Å². The van der Waals surface area contributed by atoms with Gasteiger partial charge in [-0.3, -0.25) is 14.6 Å². The molecule has 0 aromatic rings. The van der Waals surface area contributed by atoms with E-state index in [1.807, 2.05) is 6.92 Å². The van der Waals surface area contributed by atoms with Crippen molar-refractivity contribution in [2.75, 3.05) is 19.6 Å². The van der Waals surface area contributed by atoms with E-state index >= 15 is 0 Å². The minimum atomic E-state index is -0.274. The minimum absolute atomic E-state index is 0.0852. The molecule has 5 heteroatoms. The molecule has 3 amide bonds. The molecule has 122 valence electrons. The van der Waals surface area contributed by atoms with E-state index in [1.165, 1.54) is 4.90 Å². The van der Waals surface area contributed by atoms with Crippen LogP contribution in [0.5, 0.6) is 0 Å². The molecule has 0 spiro atoms. The molecule has 1 aliphatic rings. The van der Waals surface area contributed by atoms with Gasteiger partial charge in [-0.2, -0.15) is 0 Å². The Morgan fingerprint density at radius 3 is 2.33 bits per heavy atom. The van der Waals surface area contributed by atoms with E-state index in [4.69, 9.17) is 0 Å². The van der Waals surface area contributed by atoms with Gasteiger partial charge in [0.2, 0.25) is 5.91 Å². The van der Waals surface area contributed by atoms with Gasteiger partial charge in [0.05, 0.1) is 0 Å². The van der Waals surface area contributed by atoms with Crippen LogP contribution in [0.1, 0.15) is 60.8 Å². The summed E-state index contributed by atoms with van der Waals surface area (Å²) in [4.78, 5) is 28.4. The van der Waals surface area contributed by atoms with Gasteiger partial charge in [0.1, 0.15) is 0 Å². The zero-order chi connectivity index (χ0) is 16.3. The zero-order valence-corrected chi connectivity index (χ0v) is 14.5. The Bertz CT molecular complexity index is 391. The summed E-state index contributed by atoms with van der Waals surface area (Å²) in [6, 6.07) is -0.274. The zero-order valence-electron chi connectivity index (χ0n) is 14.5. The summed E-state index contributed by atoms with van der Waals surface area (Å²) in [5.74, 6) is -0.0852. The van der Waals surface area contributed by atoms with Crippen LogP contribution in [-0.4, -0.2) is 52.5 Å². The smallest absolute Gasteiger partial charge is 0.324 e. The normalized spacial score (nSPS) is 22.0. The Kier molecular flexibility index (Phi) is 5.79. The van der Waals surface area contributed by atoms with Crippen LogP contribution in [0.4, 0.5) is 4.79 Å². The lowest BCUT2D eigenvalue weighted by molar-refractivity contribution is -0.128. The van der Waals surface area contributed by atoms with E-state index in [0.29, 0.717) is 19.5 Å². The summed E-state index contributed by atoms with van der Waals surface area (Å²) in [5.41, 5.74) is -0.465. The molecule has 0 radical (unpaired) electrons. The molecule has 0 aromatic heterocycles. The van der Waals surface area contributed by atoms with E-state index in [9.17, 15) is 9.59 Å². The number of urea groups is 1. The number of carbonyl (C=O) groups excluding carboxylic acids is 2. The second-order valence-corrected chi connectivity index (χ2v) is 7.12. The molecule has 1 aliphatic heterocycles. The van der Waals surface area contributed by atoms with Crippen molar-refractivity contribution in [3.05, 3.63) is 0 Å². The van der Waals surface area contributed by atoms with Crippen LogP contribution in [0, 0.1) is 0 Å². The van der Waals surface area contributed by atoms with Crippen molar-refractivity contribution in [1.82, 2.24) is 15.1 Å². The van der Waals surface area contributed by atoms with Crippen molar-refractivity contribution < 1.29 is 9.59 Å². The topological polar surface area (TPSA) is 52.7 Å². The second kappa shape index (κ2) is 6.77. The van der Waals surface area contributed by atoms with Crippen molar-refractivity contribution in [2.45, 2.75) is 71.9 Å². The van der Waals surface area contributed by atoms with Crippen molar-refractivity contribution in [3.8, 4) is 0 Å². The van der Waals surface area contributed by atoms with Gasteiger partial charge >= 0.3 is 6.03 Å². The molecular weight excluding hydrogens is 266 g/mol. The van der Waals surface area contributed by atoms with E-state index < -0.39 is 0 Å². The van der Waals surface area contributed by atoms with Crippen LogP contribution in [-0.2, 0) is 4.79 Å². The molecule has 0 bridgehead atoms. The summed E-state index contributed by atoms with van der Waals surface area (Å²) in [6.07, 6.45) is 2.59. The lowest BCUT2D eigenvalue weighted by Gasteiger charge is -2.46. The lowest BCUT2D eigenvalue weighted by Crippen LogP contribution is -2.57. The van der Waals surface area contributed by atoms with Crippen molar-refractivity contribution in [2.24, 2.45) is 0 Å². The van der Waals surface area contributed by atoms with Gasteiger partial charge in [-0.05, 0) is 47.6 Å². The number of imide groups is 1. The van der Waals surface area contributed by atoms with Crippen LogP contribution < -0.4 is 5.32 Å². The van der Waals surface area contributed by atoms with Crippen LogP contribution in [0.25, 0.3) is 0 Å². The number of amides is 3. The summed E-state index contributed by atoms with van der Waals surface area (Å²) < 4.78 is 0. The Labute approximate surface area is 129 Å². The summed E-state index contributed by atoms with van der Waals surface area (Å²) >= 11 is 0. The average molecular weight is 297 g/mol. The van der Waals surface area contributed by atoms with Crippen molar-refractivity contribution >= 4 is 11.9 Å². The van der Waals surface area contributed by atoms with Gasteiger partial charge in [0.15, 0.2) is 0 Å². The molecule has 0 unspecified atom stereocenters. The van der Waals surface area contributed by atoms with Crippen LogP contribution in [0.3, 0.4) is 0 Å². The molecule has 0 saturated carbocycles. The predicted octanol–water partition coefficient (Wildman–Crippen LogP) is 2.61. The Balaban J connectivity index is 3.06. The molecule has 0 aliphatic carbocycles. The highest BCUT2D eigenvalue weighted by Gasteiger charge is 2.45. The summed E-state index contributed by atoms with van der Waals surface area (Å²) in [6.45, 7) is 14.4. The second-order valence-electron chi connectivity index (χ2n) is 7.12. The first-order chi connectivity index (χ1) is 9.65. The van der Waals surface area contributed by atoms with Gasteiger partial charge < -0.3 is 5.32 Å². The predicted molar refractivity (Wildman–Crippen MR) is 85.2 cm³/mol. The third-order valence-corrected chi connectivity index (χ3v) is 4.20. The first kappa shape index (κ1) is 18.0. The number of hydrogen-bond acceptors (Lipinski definition) is 3. The number of nitrogens with one attached hydrogen (secondary N) is 1. The highest BCUT2D eigenvalue weighted by molar-refractivity contribution is 5.95. The fraction of sp³-hybridized carbons (Fsp3) is 0.875. The third kappa shape index (κ3) is 4.19. The summed E-state index contributed by atoms with van der Waals surface area (Å²) in [7, 11) is 0. The van der Waals surface area contributed by atoms with E-state index in [2.05, 4.69) is 44.8 Å². The molecule has 0 atom stereocenters. The van der Waals surface area contributed by atoms with Crippen molar-refractivity contribution in [1.29, 1.82) is 0 Å². The standard InChI is InChI=1S/C16H31N3O2/c1-7-9-10-19-15(3,4)11-13(20)18(12-16(19,5)6)14(21)17-8-2/h7-12H2,1-6H3,(H,17,21). The molecule has 21 heavy (non-hydrogen) atoms. The Morgan fingerprint density at radius 1 is 1.19 bits per heavy atom. The molecule has 1 rings (SSSR count). The maximum atomic E-state index is 12.5. The Hall–Kier alpha value is -1.10. The minimum Gasteiger partial charge on any atom is -0.338 e. The van der Waals surface area contributed by atoms with Crippen LogP contribution in [0.2, 0.25) is 0 Å². The number of hydrogen-bond donors (Lipinski definition) is 1. The fourth-order valence-corrected chi connectivity index (χ4v) is 3.29. The lowest BCUT2D eigenvalue weighted by atomic mass is 9.91. The highest BCUT2D eigenvalue weighted by atomic mass is 16.2. The molecular formula is C16H31N3O2. The fourth-order valence-electron chi connectivity index (χ4n) is 3.29. The SMILES string of the molecule is CCCCN1C(C)(C)CC(=O)N(C(=O)NCC)CC1(C)C. The highest BCUT2D eigenvalue weighted by Crippen LogP contribution is 2.33. The molecule has 1 N–H and O–H groups in total. The largest absolute Gasteiger partial charge is 0.338 e. The first-order valence-corrected chi connectivity index (χ1v) is 8.01. The number of carbonyl (C=O) groups is 2. The number of nitrogens with zero attached hydrogens (tertiary/aromatic N) is 2. The molecule has 1 saturated heterocycles. The first-order valence-electron chi connectivity index (χ1n) is 8.01. The number of unbranched alkanes of at least 4 members (excludes halogenated alkanes) is 1. The number of rotatable bonds is 4. The molecule has 1 heterocycles. The average Bonchev–Trinajstić information content (AvgIpc) is 2.41. The van der Waals surface area contributed by atoms with E-state index in [-0.39, 0.29) is 23.0 Å². The van der Waals surface area contributed by atoms with Gasteiger partial charge in [-0.25, -0.2) is 4.79 Å². The van der Waals surface area contributed by atoms with Gasteiger partial charge in [-0.15, -0.1) is 0 Å². The monoisotopic (exact) mass is 297 g/mol. The Morgan fingerprint density at radius 2 is 1.81 bits per heavy atom. The maximum Gasteiger partial charge on any atom is 0.324 e. The molecule has 0 aromatic carbocycles.